The lowest BCUT2D eigenvalue weighted by molar-refractivity contribution is 0.192. The van der Waals surface area contributed by atoms with Gasteiger partial charge in [0.15, 0.2) is 0 Å². The molecule has 2 rings (SSSR count). The minimum atomic E-state index is 0.398. The van der Waals surface area contributed by atoms with E-state index < -0.39 is 0 Å². The van der Waals surface area contributed by atoms with Crippen molar-refractivity contribution >= 4 is 11.6 Å². The van der Waals surface area contributed by atoms with Gasteiger partial charge in [0.2, 0.25) is 0 Å². The zero-order valence-corrected chi connectivity index (χ0v) is 8.29. The maximum absolute atomic E-state index is 5.70. The van der Waals surface area contributed by atoms with Gasteiger partial charge in [-0.3, -0.25) is 0 Å². The van der Waals surface area contributed by atoms with Gasteiger partial charge >= 0.3 is 0 Å². The molecule has 2 heterocycles. The second kappa shape index (κ2) is 3.64. The molecule has 0 bridgehead atoms. The molecule has 1 atom stereocenters. The highest BCUT2D eigenvalue weighted by Gasteiger charge is 2.23. The van der Waals surface area contributed by atoms with E-state index in [0.717, 1.165) is 31.3 Å². The van der Waals surface area contributed by atoms with Crippen LogP contribution in [0.2, 0.25) is 0 Å². The molecule has 1 unspecified atom stereocenters. The fourth-order valence-corrected chi connectivity index (χ4v) is 1.82. The highest BCUT2D eigenvalue weighted by molar-refractivity contribution is 6.16. The normalized spacial score (nSPS) is 22.5. The van der Waals surface area contributed by atoms with Crippen LogP contribution in [-0.4, -0.2) is 28.0 Å². The van der Waals surface area contributed by atoms with Gasteiger partial charge in [-0.05, 0) is 6.42 Å². The van der Waals surface area contributed by atoms with E-state index in [2.05, 4.69) is 10.2 Å². The Balaban J connectivity index is 2.24. The number of halogens is 1. The Bertz CT molecular complexity index is 294. The molecule has 1 fully saturated rings. The molecule has 1 saturated heterocycles. The van der Waals surface area contributed by atoms with Gasteiger partial charge in [0.1, 0.15) is 11.6 Å². The van der Waals surface area contributed by atoms with Crippen LogP contribution in [0.5, 0.6) is 0 Å². The Hall–Kier alpha value is -0.610. The first-order valence-electron chi connectivity index (χ1n) is 4.34. The Labute approximate surface area is 81.9 Å². The molecular formula is C8H12ClN3O. The minimum Gasteiger partial charge on any atom is -0.381 e. The molecule has 13 heavy (non-hydrogen) atoms. The molecule has 1 aromatic rings. The quantitative estimate of drug-likeness (QED) is 0.672. The zero-order chi connectivity index (χ0) is 9.26. The van der Waals surface area contributed by atoms with Crippen molar-refractivity contribution in [3.8, 4) is 0 Å². The highest BCUT2D eigenvalue weighted by Crippen LogP contribution is 2.23. The van der Waals surface area contributed by atoms with Gasteiger partial charge in [-0.15, -0.1) is 21.8 Å². The third-order valence-corrected chi connectivity index (χ3v) is 2.65. The summed E-state index contributed by atoms with van der Waals surface area (Å²) in [6.45, 7) is 1.59. The van der Waals surface area contributed by atoms with Crippen LogP contribution in [0.15, 0.2) is 0 Å². The topological polar surface area (TPSA) is 39.9 Å². The van der Waals surface area contributed by atoms with Crippen molar-refractivity contribution in [3.05, 3.63) is 11.6 Å². The van der Waals surface area contributed by atoms with Crippen LogP contribution in [0.1, 0.15) is 24.0 Å². The first kappa shape index (κ1) is 8.97. The molecule has 1 aromatic heterocycles. The van der Waals surface area contributed by atoms with Crippen molar-refractivity contribution in [1.29, 1.82) is 0 Å². The van der Waals surface area contributed by atoms with E-state index in [0.29, 0.717) is 11.8 Å². The predicted octanol–water partition coefficient (Wildman–Crippen LogP) is 1.06. The maximum atomic E-state index is 5.70. The van der Waals surface area contributed by atoms with Crippen LogP contribution in [0.3, 0.4) is 0 Å². The van der Waals surface area contributed by atoms with E-state index in [9.17, 15) is 0 Å². The molecule has 1 aliphatic rings. The van der Waals surface area contributed by atoms with Gasteiger partial charge in [0.25, 0.3) is 0 Å². The second-order valence-electron chi connectivity index (χ2n) is 3.23. The van der Waals surface area contributed by atoms with Gasteiger partial charge in [0, 0.05) is 19.6 Å². The molecule has 0 saturated carbocycles. The average molecular weight is 202 g/mol. The van der Waals surface area contributed by atoms with E-state index in [1.807, 2.05) is 11.6 Å². The summed E-state index contributed by atoms with van der Waals surface area (Å²) in [5.41, 5.74) is 0. The summed E-state index contributed by atoms with van der Waals surface area (Å²) in [5.74, 6) is 2.63. The first-order valence-corrected chi connectivity index (χ1v) is 4.88. The lowest BCUT2D eigenvalue weighted by Gasteiger charge is -2.06. The van der Waals surface area contributed by atoms with Crippen molar-refractivity contribution < 1.29 is 4.74 Å². The van der Waals surface area contributed by atoms with E-state index in [4.69, 9.17) is 16.3 Å². The monoisotopic (exact) mass is 201 g/mol. The van der Waals surface area contributed by atoms with Crippen LogP contribution in [-0.2, 0) is 17.7 Å². The Morgan fingerprint density at radius 1 is 1.62 bits per heavy atom. The molecule has 0 aliphatic carbocycles. The standard InChI is InChI=1S/C8H12ClN3O/c1-12-7(4-9)10-11-8(12)6-2-3-13-5-6/h6H,2-5H2,1H3. The average Bonchev–Trinajstić information content (AvgIpc) is 2.72. The number of alkyl halides is 1. The fraction of sp³-hybridized carbons (Fsp3) is 0.750. The molecule has 0 N–H and O–H groups in total. The van der Waals surface area contributed by atoms with E-state index in [-0.39, 0.29) is 0 Å². The second-order valence-corrected chi connectivity index (χ2v) is 3.49. The summed E-state index contributed by atoms with van der Waals surface area (Å²) >= 11 is 5.70. The van der Waals surface area contributed by atoms with Crippen molar-refractivity contribution in [1.82, 2.24) is 14.8 Å². The summed E-state index contributed by atoms with van der Waals surface area (Å²) in [4.78, 5) is 0. The predicted molar refractivity (Wildman–Crippen MR) is 48.7 cm³/mol. The van der Waals surface area contributed by atoms with E-state index >= 15 is 0 Å². The lowest BCUT2D eigenvalue weighted by atomic mass is 10.1. The number of rotatable bonds is 2. The van der Waals surface area contributed by atoms with Crippen LogP contribution >= 0.6 is 11.6 Å². The van der Waals surface area contributed by atoms with Crippen LogP contribution in [0, 0.1) is 0 Å². The Morgan fingerprint density at radius 2 is 2.46 bits per heavy atom. The Kier molecular flexibility index (Phi) is 2.51. The number of aromatic nitrogens is 3. The summed E-state index contributed by atoms with van der Waals surface area (Å²) < 4.78 is 7.26. The largest absolute Gasteiger partial charge is 0.381 e. The smallest absolute Gasteiger partial charge is 0.147 e. The van der Waals surface area contributed by atoms with E-state index in [1.165, 1.54) is 0 Å². The van der Waals surface area contributed by atoms with Gasteiger partial charge < -0.3 is 9.30 Å². The molecule has 0 spiro atoms. The van der Waals surface area contributed by atoms with Crippen LogP contribution in [0.4, 0.5) is 0 Å². The van der Waals surface area contributed by atoms with Crippen LogP contribution in [0.25, 0.3) is 0 Å². The fourth-order valence-electron chi connectivity index (χ4n) is 1.59. The van der Waals surface area contributed by atoms with Crippen molar-refractivity contribution in [2.24, 2.45) is 7.05 Å². The molecule has 0 aromatic carbocycles. The number of nitrogens with zero attached hydrogens (tertiary/aromatic N) is 3. The third kappa shape index (κ3) is 1.56. The van der Waals surface area contributed by atoms with Gasteiger partial charge in [-0.1, -0.05) is 0 Å². The van der Waals surface area contributed by atoms with Gasteiger partial charge in [-0.2, -0.15) is 0 Å². The molecule has 72 valence electrons. The summed E-state index contributed by atoms with van der Waals surface area (Å²) in [5, 5.41) is 8.12. The molecule has 5 heteroatoms. The minimum absolute atomic E-state index is 0.398. The highest BCUT2D eigenvalue weighted by atomic mass is 35.5. The van der Waals surface area contributed by atoms with Gasteiger partial charge in [0.05, 0.1) is 12.5 Å². The first-order chi connectivity index (χ1) is 6.33. The molecule has 0 radical (unpaired) electrons. The molecule has 0 amide bonds. The number of hydrogen-bond acceptors (Lipinski definition) is 3. The van der Waals surface area contributed by atoms with Crippen LogP contribution < -0.4 is 0 Å². The Morgan fingerprint density at radius 3 is 3.00 bits per heavy atom. The van der Waals surface area contributed by atoms with Crippen molar-refractivity contribution in [2.45, 2.75) is 18.2 Å². The van der Waals surface area contributed by atoms with Crippen molar-refractivity contribution in [2.75, 3.05) is 13.2 Å². The zero-order valence-electron chi connectivity index (χ0n) is 7.53. The molecule has 4 nitrogen and oxygen atoms in total. The number of hydrogen-bond donors (Lipinski definition) is 0. The van der Waals surface area contributed by atoms with Gasteiger partial charge in [-0.25, -0.2) is 0 Å². The summed E-state index contributed by atoms with van der Waals surface area (Å²) in [6.07, 6.45) is 1.04. The molecule has 1 aliphatic heterocycles. The summed E-state index contributed by atoms with van der Waals surface area (Å²) in [6, 6.07) is 0. The molecular weight excluding hydrogens is 190 g/mol. The third-order valence-electron chi connectivity index (χ3n) is 2.41. The summed E-state index contributed by atoms with van der Waals surface area (Å²) in [7, 11) is 1.95. The van der Waals surface area contributed by atoms with E-state index in [1.54, 1.807) is 0 Å². The van der Waals surface area contributed by atoms with Crippen molar-refractivity contribution in [3.63, 3.8) is 0 Å². The lowest BCUT2D eigenvalue weighted by Crippen LogP contribution is -2.07. The number of ether oxygens (including phenoxy) is 1. The SMILES string of the molecule is Cn1c(CCl)nnc1C1CCOC1. The maximum Gasteiger partial charge on any atom is 0.147 e.